The van der Waals surface area contributed by atoms with Gasteiger partial charge in [0.15, 0.2) is 11.6 Å². The maximum absolute atomic E-state index is 13.3. The van der Waals surface area contributed by atoms with Gasteiger partial charge in [0, 0.05) is 11.1 Å². The van der Waals surface area contributed by atoms with Crippen LogP contribution in [0.5, 0.6) is 0 Å². The third-order valence-electron chi connectivity index (χ3n) is 3.23. The monoisotopic (exact) mass is 275 g/mol. The molecule has 0 fully saturated rings. The van der Waals surface area contributed by atoms with E-state index < -0.39 is 11.6 Å². The van der Waals surface area contributed by atoms with Crippen molar-refractivity contribution in [2.24, 2.45) is 11.7 Å². The second-order valence-corrected chi connectivity index (χ2v) is 5.06. The molecular weight excluding hydrogens is 256 g/mol. The summed E-state index contributed by atoms with van der Waals surface area (Å²) in [7, 11) is 0. The quantitative estimate of drug-likeness (QED) is 0.739. The highest BCUT2D eigenvalue weighted by Crippen LogP contribution is 2.32. The van der Waals surface area contributed by atoms with Gasteiger partial charge in [-0.2, -0.15) is 0 Å². The van der Waals surface area contributed by atoms with Gasteiger partial charge in [0.1, 0.15) is 0 Å². The van der Waals surface area contributed by atoms with Crippen molar-refractivity contribution in [3.63, 3.8) is 0 Å². The molecule has 0 saturated carbocycles. The van der Waals surface area contributed by atoms with Crippen LogP contribution in [0.3, 0.4) is 0 Å². The zero-order valence-electron chi connectivity index (χ0n) is 10.8. The Morgan fingerprint density at radius 1 is 1.11 bits per heavy atom. The third kappa shape index (κ3) is 3.66. The summed E-state index contributed by atoms with van der Waals surface area (Å²) in [4.78, 5) is 0. The molecule has 0 heterocycles. The van der Waals surface area contributed by atoms with Gasteiger partial charge < -0.3 is 5.73 Å². The van der Waals surface area contributed by atoms with E-state index in [0.29, 0.717) is 5.56 Å². The van der Waals surface area contributed by atoms with Gasteiger partial charge in [0.2, 0.25) is 0 Å². The Morgan fingerprint density at radius 2 is 1.61 bits per heavy atom. The van der Waals surface area contributed by atoms with Crippen LogP contribution in [0.25, 0.3) is 0 Å². The average molecular weight is 276 g/mol. The third-order valence-corrected chi connectivity index (χ3v) is 3.55. The molecule has 0 saturated heterocycles. The highest BCUT2D eigenvalue weighted by Gasteiger charge is 2.22. The molecule has 1 rings (SSSR count). The van der Waals surface area contributed by atoms with Crippen LogP contribution in [0.4, 0.5) is 8.78 Å². The van der Waals surface area contributed by atoms with E-state index in [0.717, 1.165) is 37.8 Å². The molecule has 1 atom stereocenters. The topological polar surface area (TPSA) is 26.0 Å². The molecule has 1 aromatic carbocycles. The summed E-state index contributed by atoms with van der Waals surface area (Å²) in [5.74, 6) is -1.57. The van der Waals surface area contributed by atoms with Gasteiger partial charge >= 0.3 is 0 Å². The van der Waals surface area contributed by atoms with Crippen LogP contribution in [0.2, 0.25) is 5.02 Å². The molecule has 0 spiro atoms. The van der Waals surface area contributed by atoms with Crippen LogP contribution in [-0.4, -0.2) is 0 Å². The highest BCUT2D eigenvalue weighted by atomic mass is 35.5. The van der Waals surface area contributed by atoms with Crippen LogP contribution in [0.15, 0.2) is 12.1 Å². The molecule has 0 aromatic heterocycles. The van der Waals surface area contributed by atoms with Crippen LogP contribution >= 0.6 is 11.6 Å². The summed E-state index contributed by atoms with van der Waals surface area (Å²) >= 11 is 5.95. The number of halogens is 3. The zero-order valence-corrected chi connectivity index (χ0v) is 11.6. The summed E-state index contributed by atoms with van der Waals surface area (Å²) in [6.45, 7) is 4.17. The maximum atomic E-state index is 13.3. The lowest BCUT2D eigenvalue weighted by atomic mass is 9.86. The van der Waals surface area contributed by atoms with Gasteiger partial charge in [0.25, 0.3) is 0 Å². The minimum absolute atomic E-state index is 0.207. The SMILES string of the molecule is CCCC(CCC)C(N)c1cc(F)c(F)cc1Cl. The van der Waals surface area contributed by atoms with Crippen LogP contribution in [-0.2, 0) is 0 Å². The molecule has 0 amide bonds. The molecule has 4 heteroatoms. The van der Waals surface area contributed by atoms with E-state index >= 15 is 0 Å². The molecule has 0 aliphatic rings. The van der Waals surface area contributed by atoms with E-state index in [1.165, 1.54) is 0 Å². The molecular formula is C14H20ClF2N. The van der Waals surface area contributed by atoms with Gasteiger partial charge in [0.05, 0.1) is 0 Å². The summed E-state index contributed by atoms with van der Waals surface area (Å²) in [5.41, 5.74) is 6.66. The van der Waals surface area contributed by atoms with E-state index in [2.05, 4.69) is 13.8 Å². The van der Waals surface area contributed by atoms with Crippen molar-refractivity contribution in [1.29, 1.82) is 0 Å². The standard InChI is InChI=1S/C14H20ClF2N/c1-3-5-9(6-4-2)14(18)10-7-12(16)13(17)8-11(10)15/h7-9,14H,3-6,18H2,1-2H3. The summed E-state index contributed by atoms with van der Waals surface area (Å²) in [5, 5.41) is 0.207. The van der Waals surface area contributed by atoms with Gasteiger partial charge in [-0.05, 0) is 36.5 Å². The lowest BCUT2D eigenvalue weighted by Crippen LogP contribution is -2.22. The van der Waals surface area contributed by atoms with Crippen molar-refractivity contribution < 1.29 is 8.78 Å². The molecule has 0 aliphatic carbocycles. The van der Waals surface area contributed by atoms with Crippen molar-refractivity contribution >= 4 is 11.6 Å². The fourth-order valence-corrected chi connectivity index (χ4v) is 2.57. The molecule has 1 aromatic rings. The number of hydrogen-bond donors (Lipinski definition) is 1. The Bertz CT molecular complexity index is 390. The number of benzene rings is 1. The van der Waals surface area contributed by atoms with Crippen LogP contribution < -0.4 is 5.73 Å². The summed E-state index contributed by atoms with van der Waals surface area (Å²) in [6.07, 6.45) is 3.95. The first-order valence-electron chi connectivity index (χ1n) is 6.41. The second kappa shape index (κ2) is 7.05. The van der Waals surface area contributed by atoms with Crippen molar-refractivity contribution in [2.75, 3.05) is 0 Å². The average Bonchev–Trinajstić information content (AvgIpc) is 2.33. The van der Waals surface area contributed by atoms with Gasteiger partial charge in [-0.25, -0.2) is 8.78 Å². The first-order valence-corrected chi connectivity index (χ1v) is 6.79. The van der Waals surface area contributed by atoms with Crippen LogP contribution in [0.1, 0.15) is 51.1 Å². The molecule has 0 aliphatic heterocycles. The number of hydrogen-bond acceptors (Lipinski definition) is 1. The predicted molar refractivity (Wildman–Crippen MR) is 71.6 cm³/mol. The normalized spacial score (nSPS) is 13.1. The molecule has 1 unspecified atom stereocenters. The van der Waals surface area contributed by atoms with E-state index in [4.69, 9.17) is 17.3 Å². The number of rotatable bonds is 6. The zero-order chi connectivity index (χ0) is 13.7. The Hall–Kier alpha value is -0.670. The minimum Gasteiger partial charge on any atom is -0.324 e. The largest absolute Gasteiger partial charge is 0.324 e. The van der Waals surface area contributed by atoms with Crippen molar-refractivity contribution in [1.82, 2.24) is 0 Å². The molecule has 1 nitrogen and oxygen atoms in total. The van der Waals surface area contributed by atoms with Crippen molar-refractivity contribution in [3.8, 4) is 0 Å². The van der Waals surface area contributed by atoms with Gasteiger partial charge in [-0.15, -0.1) is 0 Å². The predicted octanol–water partition coefficient (Wildman–Crippen LogP) is 4.83. The van der Waals surface area contributed by atoms with E-state index in [-0.39, 0.29) is 17.0 Å². The van der Waals surface area contributed by atoms with E-state index in [9.17, 15) is 8.78 Å². The van der Waals surface area contributed by atoms with Gasteiger partial charge in [-0.1, -0.05) is 38.3 Å². The Kier molecular flexibility index (Phi) is 6.03. The lowest BCUT2D eigenvalue weighted by Gasteiger charge is -2.24. The Labute approximate surface area is 112 Å². The Balaban J connectivity index is 3.00. The lowest BCUT2D eigenvalue weighted by molar-refractivity contribution is 0.367. The highest BCUT2D eigenvalue weighted by molar-refractivity contribution is 6.31. The molecule has 2 N–H and O–H groups in total. The fourth-order valence-electron chi connectivity index (χ4n) is 2.29. The van der Waals surface area contributed by atoms with Crippen LogP contribution in [0, 0.1) is 17.6 Å². The van der Waals surface area contributed by atoms with E-state index in [1.54, 1.807) is 0 Å². The second-order valence-electron chi connectivity index (χ2n) is 4.65. The van der Waals surface area contributed by atoms with Gasteiger partial charge in [-0.3, -0.25) is 0 Å². The first kappa shape index (κ1) is 15.4. The summed E-state index contributed by atoms with van der Waals surface area (Å²) in [6, 6.07) is 1.79. The van der Waals surface area contributed by atoms with Crippen molar-refractivity contribution in [2.45, 2.75) is 45.6 Å². The molecule has 0 bridgehead atoms. The number of nitrogens with two attached hydrogens (primary N) is 1. The smallest absolute Gasteiger partial charge is 0.160 e. The maximum Gasteiger partial charge on any atom is 0.160 e. The van der Waals surface area contributed by atoms with E-state index in [1.807, 2.05) is 0 Å². The Morgan fingerprint density at radius 3 is 2.11 bits per heavy atom. The summed E-state index contributed by atoms with van der Waals surface area (Å²) < 4.78 is 26.3. The molecule has 102 valence electrons. The first-order chi connectivity index (χ1) is 8.51. The fraction of sp³-hybridized carbons (Fsp3) is 0.571. The molecule has 0 radical (unpaired) electrons. The van der Waals surface area contributed by atoms with Crippen molar-refractivity contribution in [3.05, 3.63) is 34.4 Å². The minimum atomic E-state index is -0.932. The molecule has 18 heavy (non-hydrogen) atoms.